The second-order valence-electron chi connectivity index (χ2n) is 14.9. The van der Waals surface area contributed by atoms with Crippen LogP contribution in [0.1, 0.15) is 29.7 Å². The van der Waals surface area contributed by atoms with E-state index in [1.807, 2.05) is 46.9 Å². The van der Waals surface area contributed by atoms with Gasteiger partial charge in [-0.05, 0) is 72.1 Å². The second kappa shape index (κ2) is 14.0. The van der Waals surface area contributed by atoms with Gasteiger partial charge in [0.05, 0.1) is 16.7 Å². The third-order valence-corrected chi connectivity index (χ3v) is 13.7. The molecule has 1 atom stereocenters. The van der Waals surface area contributed by atoms with E-state index in [1.165, 1.54) is 78.8 Å². The molecule has 0 saturated heterocycles. The lowest BCUT2D eigenvalue weighted by Crippen LogP contribution is -2.27. The Morgan fingerprint density at radius 2 is 1.21 bits per heavy atom. The Hall–Kier alpha value is -6.79. The molecule has 0 saturated carbocycles. The van der Waals surface area contributed by atoms with Gasteiger partial charge in [-0.1, -0.05) is 140 Å². The van der Waals surface area contributed by atoms with Gasteiger partial charge in [0.2, 0.25) is 0 Å². The van der Waals surface area contributed by atoms with Crippen LogP contribution >= 0.6 is 22.7 Å². The summed E-state index contributed by atoms with van der Waals surface area (Å²) in [5.41, 5.74) is 9.99. The molecule has 11 aromatic rings. The molecule has 8 aromatic carbocycles. The van der Waals surface area contributed by atoms with E-state index in [2.05, 4.69) is 181 Å². The van der Waals surface area contributed by atoms with Crippen molar-refractivity contribution in [1.29, 1.82) is 0 Å². The number of nitrogens with one attached hydrogen (secondary N) is 1. The molecular formula is C53H37N3S2. The van der Waals surface area contributed by atoms with Crippen molar-refractivity contribution in [1.82, 2.24) is 9.88 Å². The molecule has 3 nitrogen and oxygen atoms in total. The van der Waals surface area contributed by atoms with Crippen LogP contribution in [0.5, 0.6) is 0 Å². The van der Waals surface area contributed by atoms with E-state index in [4.69, 9.17) is 4.99 Å². The number of amidine groups is 1. The third kappa shape index (κ3) is 5.82. The summed E-state index contributed by atoms with van der Waals surface area (Å²) in [5, 5.41) is 11.4. The first-order valence-electron chi connectivity index (χ1n) is 19.6. The molecule has 0 spiro atoms. The number of aliphatic imine (C=N–C) groups is 1. The van der Waals surface area contributed by atoms with Crippen molar-refractivity contribution < 1.29 is 0 Å². The van der Waals surface area contributed by atoms with Crippen LogP contribution in [-0.2, 0) is 0 Å². The lowest BCUT2D eigenvalue weighted by Gasteiger charge is -2.18. The molecule has 0 bridgehead atoms. The van der Waals surface area contributed by atoms with Crippen LogP contribution < -0.4 is 5.32 Å². The van der Waals surface area contributed by atoms with Crippen molar-refractivity contribution in [3.8, 4) is 16.8 Å². The summed E-state index contributed by atoms with van der Waals surface area (Å²) in [5.74, 6) is 0.806. The van der Waals surface area contributed by atoms with Crippen LogP contribution in [0.2, 0.25) is 0 Å². The molecule has 0 aliphatic rings. The quantitative estimate of drug-likeness (QED) is 0.127. The number of fused-ring (bicyclic) bond motifs is 10. The summed E-state index contributed by atoms with van der Waals surface area (Å²) in [6, 6.07) is 65.6. The number of benzene rings is 8. The number of hydrogen-bond acceptors (Lipinski definition) is 3. The summed E-state index contributed by atoms with van der Waals surface area (Å²) < 4.78 is 7.60. The Labute approximate surface area is 344 Å². The molecule has 0 amide bonds. The molecule has 3 heterocycles. The third-order valence-electron chi connectivity index (χ3n) is 11.4. The van der Waals surface area contributed by atoms with Gasteiger partial charge in [-0.3, -0.25) is 0 Å². The Morgan fingerprint density at radius 3 is 2.03 bits per heavy atom. The van der Waals surface area contributed by atoms with Crippen molar-refractivity contribution in [3.63, 3.8) is 0 Å². The summed E-state index contributed by atoms with van der Waals surface area (Å²) in [4.78, 5) is 5.09. The monoisotopic (exact) mass is 779 g/mol. The van der Waals surface area contributed by atoms with E-state index in [-0.39, 0.29) is 6.04 Å². The fourth-order valence-corrected chi connectivity index (χ4v) is 10.8. The Morgan fingerprint density at radius 1 is 0.534 bits per heavy atom. The standard InChI is InChI=1S/C53H37N3S2/c1-33(35-13-5-3-6-14-35)54-53(37-15-7-4-8-16-37)55-34(2)38-23-27-42-45-31-39(24-30-49(45)57-50(42)32-38)36-21-25-40(26-22-36)56-46-19-11-9-18-44(46)51-47(56)29-28-43-41-17-10-12-20-48(41)58-52(43)51/h3-33H,2H2,1H3,(H,54,55). The lowest BCUT2D eigenvalue weighted by molar-refractivity contribution is 0.717. The topological polar surface area (TPSA) is 29.3 Å². The number of nitrogens with zero attached hydrogens (tertiary/aromatic N) is 2. The summed E-state index contributed by atoms with van der Waals surface area (Å²) in [6.45, 7) is 6.61. The highest BCUT2D eigenvalue weighted by Gasteiger charge is 2.18. The predicted molar refractivity (Wildman–Crippen MR) is 252 cm³/mol. The van der Waals surface area contributed by atoms with Crippen LogP contribution in [0.15, 0.2) is 194 Å². The highest BCUT2D eigenvalue weighted by molar-refractivity contribution is 7.27. The van der Waals surface area contributed by atoms with E-state index < -0.39 is 0 Å². The van der Waals surface area contributed by atoms with E-state index >= 15 is 0 Å². The van der Waals surface area contributed by atoms with Gasteiger partial charge in [0.1, 0.15) is 5.84 Å². The second-order valence-corrected chi connectivity index (χ2v) is 17.0. The molecular weight excluding hydrogens is 743 g/mol. The molecule has 5 heteroatoms. The SMILES string of the molecule is C=C(N=C(NC(C)c1ccccc1)c1ccccc1)c1ccc2c(c1)sc1ccc(-c3ccc(-n4c5ccccc5c5c6sc7ccccc7c6ccc54)cc3)cc12. The minimum absolute atomic E-state index is 0.0795. The average Bonchev–Trinajstić information content (AvgIpc) is 3.95. The normalized spacial score (nSPS) is 12.7. The van der Waals surface area contributed by atoms with Crippen molar-refractivity contribution in [2.75, 3.05) is 0 Å². The minimum Gasteiger partial charge on any atom is -0.363 e. The lowest BCUT2D eigenvalue weighted by atomic mass is 10.0. The first-order chi connectivity index (χ1) is 28.6. The van der Waals surface area contributed by atoms with Gasteiger partial charge < -0.3 is 9.88 Å². The largest absolute Gasteiger partial charge is 0.363 e. The number of thiophene rings is 2. The minimum atomic E-state index is 0.0795. The molecule has 0 aliphatic carbocycles. The predicted octanol–water partition coefficient (Wildman–Crippen LogP) is 15.0. The highest BCUT2D eigenvalue weighted by atomic mass is 32.1. The Balaban J connectivity index is 0.921. The number of rotatable bonds is 7. The smallest absolute Gasteiger partial charge is 0.134 e. The molecule has 0 radical (unpaired) electrons. The maximum absolute atomic E-state index is 5.09. The highest BCUT2D eigenvalue weighted by Crippen LogP contribution is 2.44. The molecule has 1 N–H and O–H groups in total. The Kier molecular flexibility index (Phi) is 8.31. The van der Waals surface area contributed by atoms with Gasteiger partial charge in [-0.2, -0.15) is 0 Å². The van der Waals surface area contributed by atoms with Crippen LogP contribution in [0.25, 0.3) is 84.7 Å². The first kappa shape index (κ1) is 34.5. The molecule has 3 aromatic heterocycles. The fraction of sp³-hybridized carbons (Fsp3) is 0.0377. The molecule has 11 rings (SSSR count). The van der Waals surface area contributed by atoms with Crippen molar-refractivity contribution in [2.24, 2.45) is 4.99 Å². The zero-order chi connectivity index (χ0) is 38.7. The van der Waals surface area contributed by atoms with E-state index in [0.717, 1.165) is 28.3 Å². The van der Waals surface area contributed by atoms with E-state index in [1.54, 1.807) is 0 Å². The summed E-state index contributed by atoms with van der Waals surface area (Å²) in [7, 11) is 0. The zero-order valence-corrected chi connectivity index (χ0v) is 33.4. The van der Waals surface area contributed by atoms with Gasteiger partial charge >= 0.3 is 0 Å². The zero-order valence-electron chi connectivity index (χ0n) is 31.8. The van der Waals surface area contributed by atoms with E-state index in [0.29, 0.717) is 0 Å². The maximum atomic E-state index is 5.09. The van der Waals surface area contributed by atoms with Crippen LogP contribution in [-0.4, -0.2) is 10.4 Å². The van der Waals surface area contributed by atoms with Gasteiger partial charge in [0.15, 0.2) is 0 Å². The molecule has 276 valence electrons. The molecule has 0 fully saturated rings. The molecule has 58 heavy (non-hydrogen) atoms. The molecule has 0 aliphatic heterocycles. The van der Waals surface area contributed by atoms with Gasteiger partial charge in [-0.15, -0.1) is 22.7 Å². The summed E-state index contributed by atoms with van der Waals surface area (Å²) >= 11 is 3.71. The van der Waals surface area contributed by atoms with Crippen molar-refractivity contribution in [2.45, 2.75) is 13.0 Å². The number of hydrogen-bond donors (Lipinski definition) is 1. The number of para-hydroxylation sites is 1. The average molecular weight is 780 g/mol. The first-order valence-corrected chi connectivity index (χ1v) is 21.3. The van der Waals surface area contributed by atoms with E-state index in [9.17, 15) is 0 Å². The van der Waals surface area contributed by atoms with Gasteiger partial charge in [-0.25, -0.2) is 4.99 Å². The van der Waals surface area contributed by atoms with Crippen molar-refractivity contribution >= 4 is 96.4 Å². The summed E-state index contributed by atoms with van der Waals surface area (Å²) in [6.07, 6.45) is 0. The van der Waals surface area contributed by atoms with Gasteiger partial charge in [0, 0.05) is 74.0 Å². The fourth-order valence-electron chi connectivity index (χ4n) is 8.46. The van der Waals surface area contributed by atoms with Gasteiger partial charge in [0.25, 0.3) is 0 Å². The molecule has 1 unspecified atom stereocenters. The van der Waals surface area contributed by atoms with Crippen LogP contribution in [0, 0.1) is 0 Å². The van der Waals surface area contributed by atoms with Crippen molar-refractivity contribution in [3.05, 3.63) is 205 Å². The number of aromatic nitrogens is 1. The van der Waals surface area contributed by atoms with Crippen LogP contribution in [0.3, 0.4) is 0 Å². The van der Waals surface area contributed by atoms with Crippen LogP contribution in [0.4, 0.5) is 0 Å². The maximum Gasteiger partial charge on any atom is 0.134 e. The Bertz CT molecular complexity index is 3390.